The standard InChI is InChI=1S/C20H22N6O3/c1-12(10-22-19(27)15-4-3-13-5-7-21-18(13)23-15)26(2)20(28)17-9-16(24-25-17)14-6-8-29-11-14/h3-4,6,8-9,11-12H,5,7,10H2,1-2H3,(H,21,23)(H,22,27)(H,24,25)/t12-/m1/s1. The Morgan fingerprint density at radius 2 is 2.21 bits per heavy atom. The molecular weight excluding hydrogens is 372 g/mol. The molecule has 9 heteroatoms. The molecule has 0 spiro atoms. The predicted molar refractivity (Wildman–Crippen MR) is 107 cm³/mol. The first-order valence-corrected chi connectivity index (χ1v) is 9.40. The summed E-state index contributed by atoms with van der Waals surface area (Å²) >= 11 is 0. The number of aromatic amines is 1. The van der Waals surface area contributed by atoms with E-state index >= 15 is 0 Å². The summed E-state index contributed by atoms with van der Waals surface area (Å²) in [7, 11) is 1.69. The molecule has 0 saturated heterocycles. The van der Waals surface area contributed by atoms with Crippen molar-refractivity contribution in [1.82, 2.24) is 25.4 Å². The van der Waals surface area contributed by atoms with Gasteiger partial charge in [0.15, 0.2) is 0 Å². The number of likely N-dealkylation sites (N-methyl/N-ethyl adjacent to an activating group) is 1. The summed E-state index contributed by atoms with van der Waals surface area (Å²) in [5, 5.41) is 12.9. The average molecular weight is 394 g/mol. The Morgan fingerprint density at radius 1 is 1.34 bits per heavy atom. The zero-order valence-electron chi connectivity index (χ0n) is 16.2. The van der Waals surface area contributed by atoms with Gasteiger partial charge in [-0.2, -0.15) is 5.10 Å². The van der Waals surface area contributed by atoms with Crippen LogP contribution < -0.4 is 10.6 Å². The highest BCUT2D eigenvalue weighted by atomic mass is 16.3. The van der Waals surface area contributed by atoms with Crippen LogP contribution in [0.4, 0.5) is 5.82 Å². The van der Waals surface area contributed by atoms with Crippen molar-refractivity contribution in [3.8, 4) is 11.3 Å². The van der Waals surface area contributed by atoms with Crippen molar-refractivity contribution in [2.24, 2.45) is 0 Å². The highest BCUT2D eigenvalue weighted by molar-refractivity contribution is 5.94. The molecule has 4 rings (SSSR count). The molecule has 4 heterocycles. The van der Waals surface area contributed by atoms with Gasteiger partial charge in [0.1, 0.15) is 17.2 Å². The SMILES string of the molecule is C[C@H](CNC(=O)c1ccc2c(n1)NCC2)N(C)C(=O)c1cc(-c2ccoc2)n[nH]1. The van der Waals surface area contributed by atoms with E-state index in [0.717, 1.165) is 29.9 Å². The van der Waals surface area contributed by atoms with E-state index in [1.165, 1.54) is 0 Å². The molecule has 150 valence electrons. The van der Waals surface area contributed by atoms with E-state index in [1.54, 1.807) is 42.7 Å². The molecule has 3 N–H and O–H groups in total. The Morgan fingerprint density at radius 3 is 3.00 bits per heavy atom. The second-order valence-corrected chi connectivity index (χ2v) is 7.03. The van der Waals surface area contributed by atoms with Crippen LogP contribution in [-0.4, -0.2) is 58.1 Å². The van der Waals surface area contributed by atoms with Gasteiger partial charge in [0.25, 0.3) is 11.8 Å². The van der Waals surface area contributed by atoms with Crippen LogP contribution >= 0.6 is 0 Å². The van der Waals surface area contributed by atoms with Crippen molar-refractivity contribution < 1.29 is 14.0 Å². The van der Waals surface area contributed by atoms with Gasteiger partial charge in [-0.1, -0.05) is 6.07 Å². The normalized spacial score (nSPS) is 13.4. The number of H-pyrrole nitrogens is 1. The van der Waals surface area contributed by atoms with Gasteiger partial charge in [0.05, 0.1) is 18.2 Å². The molecule has 1 atom stereocenters. The quantitative estimate of drug-likeness (QED) is 0.588. The van der Waals surface area contributed by atoms with Gasteiger partial charge in [-0.15, -0.1) is 0 Å². The maximum atomic E-state index is 12.7. The minimum Gasteiger partial charge on any atom is -0.472 e. The lowest BCUT2D eigenvalue weighted by Gasteiger charge is -2.24. The number of carbonyl (C=O) groups excluding carboxylic acids is 2. The summed E-state index contributed by atoms with van der Waals surface area (Å²) in [6, 6.07) is 6.87. The number of fused-ring (bicyclic) bond motifs is 1. The molecule has 0 aliphatic carbocycles. The lowest BCUT2D eigenvalue weighted by molar-refractivity contribution is 0.0725. The van der Waals surface area contributed by atoms with Crippen LogP contribution in [0.2, 0.25) is 0 Å². The minimum atomic E-state index is -0.266. The molecule has 0 aromatic carbocycles. The Labute approximate surface area is 167 Å². The van der Waals surface area contributed by atoms with Crippen LogP contribution in [0.5, 0.6) is 0 Å². The fraction of sp³-hybridized carbons (Fsp3) is 0.300. The van der Waals surface area contributed by atoms with E-state index in [2.05, 4.69) is 25.8 Å². The molecular formula is C20H22N6O3. The first-order chi connectivity index (χ1) is 14.0. The zero-order chi connectivity index (χ0) is 20.4. The fourth-order valence-corrected chi connectivity index (χ4v) is 3.13. The smallest absolute Gasteiger partial charge is 0.271 e. The number of hydrogen-bond donors (Lipinski definition) is 3. The first-order valence-electron chi connectivity index (χ1n) is 9.40. The molecule has 0 saturated carbocycles. The first kappa shape index (κ1) is 18.7. The summed E-state index contributed by atoms with van der Waals surface area (Å²) in [5.74, 6) is 0.289. The van der Waals surface area contributed by atoms with E-state index in [4.69, 9.17) is 4.42 Å². The number of furan rings is 1. The van der Waals surface area contributed by atoms with Crippen LogP contribution in [0, 0.1) is 0 Å². The van der Waals surface area contributed by atoms with Crippen molar-refractivity contribution in [3.63, 3.8) is 0 Å². The highest BCUT2D eigenvalue weighted by Gasteiger charge is 2.21. The van der Waals surface area contributed by atoms with Crippen molar-refractivity contribution in [2.45, 2.75) is 19.4 Å². The second kappa shape index (κ2) is 7.78. The highest BCUT2D eigenvalue weighted by Crippen LogP contribution is 2.20. The number of nitrogens with zero attached hydrogens (tertiary/aromatic N) is 3. The third-order valence-corrected chi connectivity index (χ3v) is 5.06. The second-order valence-electron chi connectivity index (χ2n) is 7.03. The number of nitrogens with one attached hydrogen (secondary N) is 3. The average Bonchev–Trinajstić information content (AvgIpc) is 3.49. The van der Waals surface area contributed by atoms with E-state index in [-0.39, 0.29) is 17.9 Å². The van der Waals surface area contributed by atoms with Crippen molar-refractivity contribution in [1.29, 1.82) is 0 Å². The third kappa shape index (κ3) is 3.84. The largest absolute Gasteiger partial charge is 0.472 e. The van der Waals surface area contributed by atoms with Gasteiger partial charge < -0.3 is 20.0 Å². The predicted octanol–water partition coefficient (Wildman–Crippen LogP) is 1.92. The molecule has 1 aliphatic heterocycles. The number of aromatic nitrogens is 3. The number of hydrogen-bond acceptors (Lipinski definition) is 6. The Balaban J connectivity index is 1.35. The molecule has 9 nitrogen and oxygen atoms in total. The van der Waals surface area contributed by atoms with Gasteiger partial charge in [-0.25, -0.2) is 4.98 Å². The topological polar surface area (TPSA) is 116 Å². The molecule has 3 aromatic heterocycles. The summed E-state index contributed by atoms with van der Waals surface area (Å²) in [4.78, 5) is 31.0. The van der Waals surface area contributed by atoms with E-state index in [9.17, 15) is 9.59 Å². The maximum Gasteiger partial charge on any atom is 0.271 e. The van der Waals surface area contributed by atoms with Crippen LogP contribution in [0.1, 0.15) is 33.5 Å². The lowest BCUT2D eigenvalue weighted by atomic mass is 10.2. The number of anilines is 1. The number of pyridine rings is 1. The molecule has 1 aliphatic rings. The summed E-state index contributed by atoms with van der Waals surface area (Å²) in [6.45, 7) is 3.01. The van der Waals surface area contributed by atoms with Crippen LogP contribution in [0.3, 0.4) is 0 Å². The minimum absolute atomic E-state index is 0.214. The maximum absolute atomic E-state index is 12.7. The molecule has 0 radical (unpaired) electrons. The Hall–Kier alpha value is -3.62. The van der Waals surface area contributed by atoms with Gasteiger partial charge in [0, 0.05) is 31.7 Å². The molecule has 29 heavy (non-hydrogen) atoms. The van der Waals surface area contributed by atoms with Gasteiger partial charge in [-0.3, -0.25) is 14.7 Å². The van der Waals surface area contributed by atoms with Gasteiger partial charge >= 0.3 is 0 Å². The van der Waals surface area contributed by atoms with E-state index in [1.807, 2.05) is 13.0 Å². The molecule has 0 unspecified atom stereocenters. The van der Waals surface area contributed by atoms with Gasteiger partial charge in [-0.05, 0) is 37.1 Å². The Kier molecular flexibility index (Phi) is 5.03. The van der Waals surface area contributed by atoms with Crippen molar-refractivity contribution in [2.75, 3.05) is 25.5 Å². The summed E-state index contributed by atoms with van der Waals surface area (Å²) in [5.41, 5.74) is 3.27. The zero-order valence-corrected chi connectivity index (χ0v) is 16.2. The van der Waals surface area contributed by atoms with Crippen LogP contribution in [0.15, 0.2) is 41.2 Å². The molecule has 0 fully saturated rings. The number of amides is 2. The lowest BCUT2D eigenvalue weighted by Crippen LogP contribution is -2.43. The number of rotatable bonds is 6. The molecule has 3 aromatic rings. The third-order valence-electron chi connectivity index (χ3n) is 5.06. The van der Waals surface area contributed by atoms with Crippen molar-refractivity contribution >= 4 is 17.6 Å². The van der Waals surface area contributed by atoms with E-state index in [0.29, 0.717) is 23.6 Å². The summed E-state index contributed by atoms with van der Waals surface area (Å²) in [6.07, 6.45) is 4.03. The fourth-order valence-electron chi connectivity index (χ4n) is 3.13. The Bertz CT molecular complexity index is 1030. The van der Waals surface area contributed by atoms with E-state index < -0.39 is 0 Å². The van der Waals surface area contributed by atoms with Crippen molar-refractivity contribution in [3.05, 3.63) is 53.7 Å². The summed E-state index contributed by atoms with van der Waals surface area (Å²) < 4.78 is 5.04. The molecule has 2 amide bonds. The monoisotopic (exact) mass is 394 g/mol. The van der Waals surface area contributed by atoms with Crippen LogP contribution in [-0.2, 0) is 6.42 Å². The van der Waals surface area contributed by atoms with Crippen LogP contribution in [0.25, 0.3) is 11.3 Å². The molecule has 0 bridgehead atoms. The van der Waals surface area contributed by atoms with Gasteiger partial charge in [0.2, 0.25) is 0 Å². The number of carbonyl (C=O) groups is 2.